The second-order valence-corrected chi connectivity index (χ2v) is 6.41. The third-order valence-corrected chi connectivity index (χ3v) is 4.16. The zero-order chi connectivity index (χ0) is 20.0. The maximum Gasteiger partial charge on any atom is 0.222 e. The largest absolute Gasteiger partial charge is 0.398 e. The fourth-order valence-electron chi connectivity index (χ4n) is 2.48. The molecule has 0 aliphatic carbocycles. The molecule has 0 aromatic heterocycles. The minimum atomic E-state index is 0.0916. The van der Waals surface area contributed by atoms with Gasteiger partial charge >= 0.3 is 0 Å². The molecule has 2 rings (SSSR count). The number of carbonyl (C=O) groups excluding carboxylic acids is 1. The molecule has 2 aromatic carbocycles. The number of hydrogen-bond donors (Lipinski definition) is 4. The Hall–Kier alpha value is -3.32. The van der Waals surface area contributed by atoms with Gasteiger partial charge in [0.05, 0.1) is 17.1 Å². The van der Waals surface area contributed by atoms with Crippen LogP contribution in [-0.4, -0.2) is 30.6 Å². The van der Waals surface area contributed by atoms with Crippen molar-refractivity contribution in [3.05, 3.63) is 71.6 Å². The van der Waals surface area contributed by atoms with E-state index < -0.39 is 0 Å². The van der Waals surface area contributed by atoms with Crippen LogP contribution in [0.5, 0.6) is 0 Å². The second-order valence-electron chi connectivity index (χ2n) is 6.41. The van der Waals surface area contributed by atoms with E-state index in [2.05, 4.69) is 0 Å². The van der Waals surface area contributed by atoms with Crippen LogP contribution in [0.4, 0.5) is 11.4 Å². The van der Waals surface area contributed by atoms with Gasteiger partial charge in [0.25, 0.3) is 0 Å². The third-order valence-electron chi connectivity index (χ3n) is 4.16. The van der Waals surface area contributed by atoms with E-state index in [4.69, 9.17) is 22.7 Å². The Labute approximate surface area is 159 Å². The Morgan fingerprint density at radius 3 is 2.33 bits per heavy atom. The van der Waals surface area contributed by atoms with Crippen LogP contribution < -0.4 is 22.3 Å². The van der Waals surface area contributed by atoms with Crippen molar-refractivity contribution in [2.75, 3.05) is 24.8 Å². The van der Waals surface area contributed by atoms with Gasteiger partial charge in [-0.2, -0.15) is 0 Å². The highest BCUT2D eigenvalue weighted by Gasteiger charge is 2.10. The first kappa shape index (κ1) is 20.0. The monoisotopic (exact) mass is 366 g/mol. The number of hydrazine groups is 1. The van der Waals surface area contributed by atoms with Crippen LogP contribution in [0, 0.1) is 5.41 Å². The fraction of sp³-hybridized carbons (Fsp3) is 0.200. The number of nitrogens with one attached hydrogen (secondary N) is 1. The normalized spacial score (nSPS) is 11.1. The van der Waals surface area contributed by atoms with Crippen molar-refractivity contribution in [1.82, 2.24) is 4.90 Å². The summed E-state index contributed by atoms with van der Waals surface area (Å²) >= 11 is 0. The highest BCUT2D eigenvalue weighted by molar-refractivity contribution is 6.13. The maximum atomic E-state index is 11.7. The van der Waals surface area contributed by atoms with E-state index in [0.29, 0.717) is 24.1 Å². The van der Waals surface area contributed by atoms with E-state index in [9.17, 15) is 4.79 Å². The Morgan fingerprint density at radius 2 is 1.74 bits per heavy atom. The molecule has 0 heterocycles. The number of nitrogens with two attached hydrogens (primary N) is 3. The highest BCUT2D eigenvalue weighted by Crippen LogP contribution is 2.17. The van der Waals surface area contributed by atoms with Crippen LogP contribution in [-0.2, 0) is 11.2 Å². The molecule has 0 spiro atoms. The number of nitrogens with zero attached hydrogens (tertiary/aromatic N) is 2. The van der Waals surface area contributed by atoms with Crippen molar-refractivity contribution in [3.63, 3.8) is 0 Å². The van der Waals surface area contributed by atoms with Crippen LogP contribution in [0.3, 0.4) is 0 Å². The average Bonchev–Trinajstić information content (AvgIpc) is 2.66. The van der Waals surface area contributed by atoms with E-state index >= 15 is 0 Å². The quantitative estimate of drug-likeness (QED) is 0.257. The second kappa shape index (κ2) is 8.86. The minimum absolute atomic E-state index is 0.0916. The molecule has 0 aliphatic heterocycles. The molecule has 0 unspecified atom stereocenters. The minimum Gasteiger partial charge on any atom is -0.398 e. The van der Waals surface area contributed by atoms with E-state index in [1.165, 1.54) is 11.2 Å². The smallest absolute Gasteiger partial charge is 0.222 e. The molecule has 0 saturated carbocycles. The number of anilines is 2. The number of nitrogen functional groups attached to an aromatic ring is 1. The molecule has 7 nitrogen and oxygen atoms in total. The summed E-state index contributed by atoms with van der Waals surface area (Å²) in [5, 5.41) is 9.56. The van der Waals surface area contributed by atoms with Crippen molar-refractivity contribution in [2.45, 2.75) is 12.8 Å². The van der Waals surface area contributed by atoms with Crippen molar-refractivity contribution >= 4 is 23.0 Å². The summed E-state index contributed by atoms with van der Waals surface area (Å²) in [5.41, 5.74) is 15.0. The number of benzene rings is 2. The lowest BCUT2D eigenvalue weighted by Gasteiger charge is -2.16. The lowest BCUT2D eigenvalue weighted by molar-refractivity contribution is -0.128. The Kier molecular flexibility index (Phi) is 6.56. The Morgan fingerprint density at radius 1 is 1.11 bits per heavy atom. The number of aryl methyl sites for hydroxylation is 1. The predicted octanol–water partition coefficient (Wildman–Crippen LogP) is 1.84. The van der Waals surface area contributed by atoms with Gasteiger partial charge in [-0.15, -0.1) is 0 Å². The lowest BCUT2D eigenvalue weighted by atomic mass is 10.1. The molecule has 2 aromatic rings. The zero-order valence-electron chi connectivity index (χ0n) is 15.6. The van der Waals surface area contributed by atoms with Crippen molar-refractivity contribution < 1.29 is 4.79 Å². The summed E-state index contributed by atoms with van der Waals surface area (Å²) in [6, 6.07) is 14.6. The average molecular weight is 366 g/mol. The van der Waals surface area contributed by atoms with Gasteiger partial charge in [-0.05, 0) is 30.2 Å². The molecule has 0 bridgehead atoms. The highest BCUT2D eigenvalue weighted by atomic mass is 16.2. The number of para-hydroxylation sites is 1. The van der Waals surface area contributed by atoms with Gasteiger partial charge in [0, 0.05) is 38.0 Å². The predicted molar refractivity (Wildman–Crippen MR) is 110 cm³/mol. The first-order valence-corrected chi connectivity index (χ1v) is 8.53. The number of amides is 1. The van der Waals surface area contributed by atoms with Crippen molar-refractivity contribution in [3.8, 4) is 0 Å². The topological polar surface area (TPSA) is 125 Å². The van der Waals surface area contributed by atoms with E-state index in [-0.39, 0.29) is 17.3 Å². The molecule has 7 N–H and O–H groups in total. The molecule has 27 heavy (non-hydrogen) atoms. The fourth-order valence-corrected chi connectivity index (χ4v) is 2.48. The summed E-state index contributed by atoms with van der Waals surface area (Å²) < 4.78 is 0. The Balaban J connectivity index is 2.05. The standard InChI is InChI=1S/C20H26N6O/c1-25(2)19(27)12-9-14-7-10-15(11-8-14)26(24)13-18(22)20(23)16-5-3-4-6-17(16)21/h3-8,10-11,13,23H,9,12,21-22,24H2,1-2H3/b18-13-,23-20?. The van der Waals surface area contributed by atoms with Crippen LogP contribution in [0.15, 0.2) is 60.4 Å². The number of allylic oxidation sites excluding steroid dienone is 1. The van der Waals surface area contributed by atoms with Crippen LogP contribution in [0.2, 0.25) is 0 Å². The molecule has 142 valence electrons. The van der Waals surface area contributed by atoms with Gasteiger partial charge in [-0.3, -0.25) is 15.2 Å². The lowest BCUT2D eigenvalue weighted by Crippen LogP contribution is -2.28. The molecule has 7 heteroatoms. The summed E-state index contributed by atoms with van der Waals surface area (Å²) in [4.78, 5) is 13.2. The molecular weight excluding hydrogens is 340 g/mol. The maximum absolute atomic E-state index is 11.7. The number of carbonyl (C=O) groups is 1. The van der Waals surface area contributed by atoms with E-state index in [1.807, 2.05) is 24.3 Å². The summed E-state index contributed by atoms with van der Waals surface area (Å²) in [5.74, 6) is 6.14. The SMILES string of the molecule is CN(C)C(=O)CCc1ccc(N(N)/C=C(\N)C(=N)c2ccccc2N)cc1. The molecule has 1 amide bonds. The van der Waals surface area contributed by atoms with Crippen molar-refractivity contribution in [2.24, 2.45) is 11.6 Å². The van der Waals surface area contributed by atoms with E-state index in [0.717, 1.165) is 11.3 Å². The number of rotatable bonds is 7. The summed E-state index contributed by atoms with van der Waals surface area (Å²) in [6.07, 6.45) is 2.61. The van der Waals surface area contributed by atoms with Gasteiger partial charge in [0.2, 0.25) is 5.91 Å². The molecule has 0 saturated heterocycles. The van der Waals surface area contributed by atoms with E-state index in [1.54, 1.807) is 43.3 Å². The van der Waals surface area contributed by atoms with Crippen LogP contribution >= 0.6 is 0 Å². The Bertz CT molecular complexity index is 842. The zero-order valence-corrected chi connectivity index (χ0v) is 15.6. The van der Waals surface area contributed by atoms with Gasteiger partial charge in [0.15, 0.2) is 0 Å². The first-order chi connectivity index (χ1) is 12.8. The summed E-state index contributed by atoms with van der Waals surface area (Å²) in [7, 11) is 3.49. The van der Waals surface area contributed by atoms with Gasteiger partial charge in [-0.25, -0.2) is 5.84 Å². The van der Waals surface area contributed by atoms with Crippen LogP contribution in [0.25, 0.3) is 0 Å². The number of hydrogen-bond acceptors (Lipinski definition) is 6. The molecule has 0 atom stereocenters. The molecular formula is C20H26N6O. The molecule has 0 aliphatic rings. The molecule has 0 radical (unpaired) electrons. The van der Waals surface area contributed by atoms with Crippen molar-refractivity contribution in [1.29, 1.82) is 5.41 Å². The molecule has 0 fully saturated rings. The van der Waals surface area contributed by atoms with Gasteiger partial charge in [-0.1, -0.05) is 30.3 Å². The third kappa shape index (κ3) is 5.32. The van der Waals surface area contributed by atoms with Gasteiger partial charge in [0.1, 0.15) is 0 Å². The van der Waals surface area contributed by atoms with Crippen LogP contribution in [0.1, 0.15) is 17.5 Å². The summed E-state index contributed by atoms with van der Waals surface area (Å²) in [6.45, 7) is 0. The first-order valence-electron chi connectivity index (χ1n) is 8.53. The van der Waals surface area contributed by atoms with Gasteiger partial charge < -0.3 is 16.4 Å².